The maximum atomic E-state index is 13.5. The molecule has 0 atom stereocenters. The lowest BCUT2D eigenvalue weighted by molar-refractivity contribution is -0.137. The van der Waals surface area contributed by atoms with Crippen LogP contribution in [0.4, 0.5) is 5.69 Å². The predicted octanol–water partition coefficient (Wildman–Crippen LogP) is 3.10. The Kier molecular flexibility index (Phi) is 9.00. The number of pyridine rings is 1. The van der Waals surface area contributed by atoms with Crippen molar-refractivity contribution >= 4 is 29.2 Å². The van der Waals surface area contributed by atoms with Crippen LogP contribution in [0, 0.1) is 5.41 Å². The Morgan fingerprint density at radius 2 is 1.87 bits per heavy atom. The van der Waals surface area contributed by atoms with Crippen LogP contribution < -0.4 is 19.7 Å². The summed E-state index contributed by atoms with van der Waals surface area (Å²) in [5.41, 5.74) is 2.59. The Bertz CT molecular complexity index is 1260. The van der Waals surface area contributed by atoms with E-state index in [1.807, 2.05) is 19.1 Å². The molecule has 0 bridgehead atoms. The quantitative estimate of drug-likeness (QED) is 0.259. The standard InChI is InChI=1S/C28H35N5O6/c1-3-38-23-14-19-16-33(27(29)25(19)31-26(23)28(37)30-2)17-22(34)18-12-20(32-9-5-6-10-32)15-21(13-18)39-11-7-4-8-24(35)36/h12-15,29H,3-11,16-17H2,1-2H3,(H,30,37)(H,35,36). The van der Waals surface area contributed by atoms with E-state index in [1.165, 1.54) is 7.05 Å². The summed E-state index contributed by atoms with van der Waals surface area (Å²) in [5, 5.41) is 20.0. The Morgan fingerprint density at radius 1 is 1.10 bits per heavy atom. The van der Waals surface area contributed by atoms with E-state index in [4.69, 9.17) is 20.0 Å². The second-order valence-electron chi connectivity index (χ2n) is 9.59. The van der Waals surface area contributed by atoms with E-state index in [9.17, 15) is 14.4 Å². The van der Waals surface area contributed by atoms with Gasteiger partial charge in [-0.25, -0.2) is 4.98 Å². The lowest BCUT2D eigenvalue weighted by atomic mass is 10.1. The van der Waals surface area contributed by atoms with Gasteiger partial charge in [0, 0.05) is 56.0 Å². The number of Topliss-reactive ketones (excluding diaryl/α,β-unsaturated/α-hetero) is 1. The number of nitrogens with one attached hydrogen (secondary N) is 2. The molecule has 1 aromatic carbocycles. The molecule has 4 rings (SSSR count). The highest BCUT2D eigenvalue weighted by atomic mass is 16.5. The van der Waals surface area contributed by atoms with E-state index in [-0.39, 0.29) is 30.3 Å². The highest BCUT2D eigenvalue weighted by Gasteiger charge is 2.31. The number of amidine groups is 1. The minimum Gasteiger partial charge on any atom is -0.493 e. The second-order valence-corrected chi connectivity index (χ2v) is 9.59. The van der Waals surface area contributed by atoms with Crippen LogP contribution in [0.5, 0.6) is 11.5 Å². The maximum absolute atomic E-state index is 13.5. The number of amides is 1. The van der Waals surface area contributed by atoms with E-state index >= 15 is 0 Å². The van der Waals surface area contributed by atoms with Crippen LogP contribution in [-0.2, 0) is 11.3 Å². The van der Waals surface area contributed by atoms with E-state index in [2.05, 4.69) is 15.2 Å². The summed E-state index contributed by atoms with van der Waals surface area (Å²) in [6, 6.07) is 7.22. The molecule has 0 spiro atoms. The molecule has 208 valence electrons. The summed E-state index contributed by atoms with van der Waals surface area (Å²) < 4.78 is 11.5. The van der Waals surface area contributed by atoms with E-state index < -0.39 is 11.9 Å². The van der Waals surface area contributed by atoms with E-state index in [1.54, 1.807) is 17.0 Å². The molecule has 1 amide bonds. The average molecular weight is 538 g/mol. The fourth-order valence-electron chi connectivity index (χ4n) is 4.79. The largest absolute Gasteiger partial charge is 0.493 e. The van der Waals surface area contributed by atoms with E-state index in [0.717, 1.165) is 37.2 Å². The summed E-state index contributed by atoms with van der Waals surface area (Å²) in [5.74, 6) is -0.408. The van der Waals surface area contributed by atoms with Crippen molar-refractivity contribution in [2.45, 2.75) is 45.6 Å². The highest BCUT2D eigenvalue weighted by Crippen LogP contribution is 2.30. The third-order valence-electron chi connectivity index (χ3n) is 6.78. The third kappa shape index (κ3) is 6.65. The van der Waals surface area contributed by atoms with Gasteiger partial charge in [0.05, 0.1) is 19.8 Å². The van der Waals surface area contributed by atoms with Crippen LogP contribution >= 0.6 is 0 Å². The zero-order valence-corrected chi connectivity index (χ0v) is 22.4. The number of ether oxygens (including phenoxy) is 2. The summed E-state index contributed by atoms with van der Waals surface area (Å²) in [6.45, 7) is 4.62. The first kappa shape index (κ1) is 27.9. The molecule has 2 aromatic rings. The van der Waals surface area contributed by atoms with Crippen molar-refractivity contribution in [2.75, 3.05) is 44.8 Å². The molecule has 1 fully saturated rings. The molecule has 11 nitrogen and oxygen atoms in total. The first-order valence-electron chi connectivity index (χ1n) is 13.3. The molecule has 3 N–H and O–H groups in total. The van der Waals surface area contributed by atoms with Crippen molar-refractivity contribution in [3.8, 4) is 11.5 Å². The molecule has 0 saturated carbocycles. The summed E-state index contributed by atoms with van der Waals surface area (Å²) in [6.07, 6.45) is 3.38. The zero-order valence-electron chi connectivity index (χ0n) is 22.4. The lowest BCUT2D eigenvalue weighted by Gasteiger charge is -2.21. The Labute approximate surface area is 227 Å². The van der Waals surface area contributed by atoms with Crippen molar-refractivity contribution < 1.29 is 29.0 Å². The average Bonchev–Trinajstić information content (AvgIpc) is 3.56. The Hall–Kier alpha value is -4.15. The molecule has 2 aliphatic rings. The normalized spacial score (nSPS) is 14.4. The van der Waals surface area contributed by atoms with Gasteiger partial charge in [-0.3, -0.25) is 19.8 Å². The number of aromatic nitrogens is 1. The number of nitrogens with zero attached hydrogens (tertiary/aromatic N) is 3. The van der Waals surface area contributed by atoms with Crippen molar-refractivity contribution in [2.24, 2.45) is 0 Å². The van der Waals surface area contributed by atoms with Crippen molar-refractivity contribution in [3.63, 3.8) is 0 Å². The number of carboxylic acids is 1. The fraction of sp³-hybridized carbons (Fsp3) is 0.464. The molecule has 3 heterocycles. The summed E-state index contributed by atoms with van der Waals surface area (Å²) in [4.78, 5) is 44.8. The minimum atomic E-state index is -0.831. The molecule has 0 unspecified atom stereocenters. The number of anilines is 1. The number of ketones is 1. The van der Waals surface area contributed by atoms with Crippen LogP contribution in [0.2, 0.25) is 0 Å². The molecule has 39 heavy (non-hydrogen) atoms. The molecule has 1 saturated heterocycles. The predicted molar refractivity (Wildman–Crippen MR) is 145 cm³/mol. The zero-order chi connectivity index (χ0) is 27.9. The number of benzene rings is 1. The lowest BCUT2D eigenvalue weighted by Crippen LogP contribution is -2.31. The smallest absolute Gasteiger partial charge is 0.303 e. The Balaban J connectivity index is 1.51. The van der Waals surface area contributed by atoms with Crippen LogP contribution in [0.25, 0.3) is 0 Å². The number of carboxylic acid groups (broad SMARTS) is 1. The minimum absolute atomic E-state index is 0.0318. The highest BCUT2D eigenvalue weighted by molar-refractivity contribution is 6.06. The number of carbonyl (C=O) groups excluding carboxylic acids is 2. The molecule has 1 aromatic heterocycles. The van der Waals surface area contributed by atoms with Crippen LogP contribution in [-0.4, -0.2) is 78.4 Å². The number of unbranched alkanes of at least 4 members (excludes halogenated alkanes) is 1. The van der Waals surface area contributed by atoms with Crippen LogP contribution in [0.15, 0.2) is 24.3 Å². The van der Waals surface area contributed by atoms with Gasteiger partial charge in [-0.2, -0.15) is 0 Å². The molecule has 2 aliphatic heterocycles. The first-order valence-corrected chi connectivity index (χ1v) is 13.3. The van der Waals surface area contributed by atoms with Gasteiger partial charge in [-0.1, -0.05) is 0 Å². The number of aliphatic carboxylic acids is 1. The van der Waals surface area contributed by atoms with Gasteiger partial charge in [-0.15, -0.1) is 0 Å². The summed E-state index contributed by atoms with van der Waals surface area (Å²) in [7, 11) is 1.51. The summed E-state index contributed by atoms with van der Waals surface area (Å²) >= 11 is 0. The van der Waals surface area contributed by atoms with Crippen molar-refractivity contribution in [1.82, 2.24) is 15.2 Å². The van der Waals surface area contributed by atoms with Gasteiger partial charge in [-0.05, 0) is 50.8 Å². The van der Waals surface area contributed by atoms with Gasteiger partial charge >= 0.3 is 5.97 Å². The van der Waals surface area contributed by atoms with Crippen LogP contribution in [0.3, 0.4) is 0 Å². The first-order chi connectivity index (χ1) is 18.8. The monoisotopic (exact) mass is 537 g/mol. The molecular formula is C28H35N5O6. The van der Waals surface area contributed by atoms with Gasteiger partial charge in [0.15, 0.2) is 17.2 Å². The van der Waals surface area contributed by atoms with Gasteiger partial charge in [0.2, 0.25) is 0 Å². The van der Waals surface area contributed by atoms with Crippen LogP contribution in [0.1, 0.15) is 71.1 Å². The number of hydrogen-bond donors (Lipinski definition) is 3. The molecule has 0 radical (unpaired) electrons. The van der Waals surface area contributed by atoms with E-state index in [0.29, 0.717) is 55.4 Å². The number of rotatable bonds is 13. The third-order valence-corrected chi connectivity index (χ3v) is 6.78. The molecule has 0 aliphatic carbocycles. The topological polar surface area (TPSA) is 145 Å². The van der Waals surface area contributed by atoms with Gasteiger partial charge in [0.25, 0.3) is 5.91 Å². The number of fused-ring (bicyclic) bond motifs is 1. The van der Waals surface area contributed by atoms with Crippen molar-refractivity contribution in [3.05, 3.63) is 46.8 Å². The number of hydrogen-bond acceptors (Lipinski definition) is 8. The fourth-order valence-corrected chi connectivity index (χ4v) is 4.79. The SMILES string of the molecule is CCOc1cc2c(nc1C(=O)NC)C(=N)N(CC(=O)c1cc(OCCCCC(=O)O)cc(N3CCCC3)c1)C2. The Morgan fingerprint density at radius 3 is 2.56 bits per heavy atom. The van der Waals surface area contributed by atoms with Gasteiger partial charge in [0.1, 0.15) is 17.3 Å². The molecule has 11 heteroatoms. The maximum Gasteiger partial charge on any atom is 0.303 e. The van der Waals surface area contributed by atoms with Crippen molar-refractivity contribution in [1.29, 1.82) is 5.41 Å². The second kappa shape index (κ2) is 12.6. The molecular weight excluding hydrogens is 502 g/mol. The number of carbonyl (C=O) groups is 3. The van der Waals surface area contributed by atoms with Gasteiger partial charge < -0.3 is 29.7 Å².